The fourth-order valence-corrected chi connectivity index (χ4v) is 3.11. The van der Waals surface area contributed by atoms with Crippen LogP contribution in [0.2, 0.25) is 0 Å². The number of halogens is 1. The van der Waals surface area contributed by atoms with Crippen LogP contribution in [0, 0.1) is 6.92 Å². The predicted octanol–water partition coefficient (Wildman–Crippen LogP) is 2.29. The maximum atomic E-state index is 12.5. The lowest BCUT2D eigenvalue weighted by atomic mass is 10.1. The van der Waals surface area contributed by atoms with Crippen molar-refractivity contribution < 1.29 is 13.9 Å². The normalized spacial score (nSPS) is 15.2. The van der Waals surface area contributed by atoms with Crippen LogP contribution in [-0.2, 0) is 0 Å². The zero-order valence-corrected chi connectivity index (χ0v) is 15.2. The van der Waals surface area contributed by atoms with Crippen molar-refractivity contribution in [1.82, 2.24) is 4.90 Å². The second-order valence-corrected chi connectivity index (χ2v) is 5.86. The van der Waals surface area contributed by atoms with Crippen molar-refractivity contribution >= 4 is 29.1 Å². The summed E-state index contributed by atoms with van der Waals surface area (Å²) in [6.07, 6.45) is 0. The molecular weight excluding hydrogens is 332 g/mol. The van der Waals surface area contributed by atoms with Crippen molar-refractivity contribution in [1.29, 1.82) is 0 Å². The Morgan fingerprint density at radius 3 is 2.33 bits per heavy atom. The lowest BCUT2D eigenvalue weighted by molar-refractivity contribution is 0.311. The molecule has 1 fully saturated rings. The molecular formula is C17H23ClN2O4. The van der Waals surface area contributed by atoms with Gasteiger partial charge in [0.15, 0.2) is 0 Å². The van der Waals surface area contributed by atoms with Gasteiger partial charge in [-0.3, -0.25) is 0 Å². The highest BCUT2D eigenvalue weighted by atomic mass is 35.5. The van der Waals surface area contributed by atoms with Gasteiger partial charge in [0, 0.05) is 38.3 Å². The molecule has 24 heavy (non-hydrogen) atoms. The number of nitrogens with zero attached hydrogens (tertiary/aromatic N) is 2. The molecule has 132 valence electrons. The summed E-state index contributed by atoms with van der Waals surface area (Å²) in [6, 6.07) is 3.53. The number of likely N-dealkylation sites (N-methyl/N-ethyl adjacent to an activating group) is 1. The molecule has 0 radical (unpaired) electrons. The number of rotatable bonds is 3. The molecule has 2 aromatic rings. The Hall–Kier alpha value is -1.92. The minimum atomic E-state index is -0.310. The molecule has 0 unspecified atom stereocenters. The molecule has 1 aromatic heterocycles. The van der Waals surface area contributed by atoms with Crippen molar-refractivity contribution in [3.63, 3.8) is 0 Å². The lowest BCUT2D eigenvalue weighted by Gasteiger charge is -2.34. The second kappa shape index (κ2) is 7.32. The Bertz CT molecular complexity index is 782. The van der Waals surface area contributed by atoms with Gasteiger partial charge >= 0.3 is 5.63 Å². The van der Waals surface area contributed by atoms with Crippen LogP contribution in [0.25, 0.3) is 11.0 Å². The van der Waals surface area contributed by atoms with Crippen LogP contribution >= 0.6 is 12.4 Å². The number of anilines is 1. The fourth-order valence-electron chi connectivity index (χ4n) is 3.11. The molecule has 1 saturated heterocycles. The molecule has 0 N–H and O–H groups in total. The summed E-state index contributed by atoms with van der Waals surface area (Å²) in [5, 5.41) is 0.821. The largest absolute Gasteiger partial charge is 0.496 e. The number of hydrogen-bond acceptors (Lipinski definition) is 6. The van der Waals surface area contributed by atoms with Gasteiger partial charge in [0.05, 0.1) is 19.6 Å². The average Bonchev–Trinajstić information content (AvgIpc) is 2.55. The molecule has 7 heteroatoms. The Labute approximate surface area is 147 Å². The number of benzene rings is 1. The standard InChI is InChI=1S/C17H22N2O4.ClH/c1-11-15-13(22-4)9-12(21-3)10-14(15)23-17(20)16(11)19-7-5-18(2)6-8-19;/h9-10H,5-8H2,1-4H3;1H. The smallest absolute Gasteiger partial charge is 0.360 e. The van der Waals surface area contributed by atoms with Gasteiger partial charge in [0.25, 0.3) is 0 Å². The third kappa shape index (κ3) is 3.16. The van der Waals surface area contributed by atoms with E-state index in [0.717, 1.165) is 37.1 Å². The maximum Gasteiger partial charge on any atom is 0.360 e. The Balaban J connectivity index is 0.00000208. The van der Waals surface area contributed by atoms with Gasteiger partial charge in [-0.2, -0.15) is 0 Å². The second-order valence-electron chi connectivity index (χ2n) is 5.86. The summed E-state index contributed by atoms with van der Waals surface area (Å²) in [5.74, 6) is 1.25. The number of methoxy groups -OCH3 is 2. The number of hydrogen-bond donors (Lipinski definition) is 0. The van der Waals surface area contributed by atoms with Gasteiger partial charge in [-0.25, -0.2) is 4.79 Å². The van der Waals surface area contributed by atoms with Crippen LogP contribution in [0.1, 0.15) is 5.56 Å². The summed E-state index contributed by atoms with van der Waals surface area (Å²) in [7, 11) is 5.26. The zero-order valence-electron chi connectivity index (χ0n) is 14.4. The molecule has 0 spiro atoms. The molecule has 3 rings (SSSR count). The number of ether oxygens (including phenoxy) is 2. The average molecular weight is 355 g/mol. The Kier molecular flexibility index (Phi) is 5.62. The third-order valence-corrected chi connectivity index (χ3v) is 4.44. The van der Waals surface area contributed by atoms with E-state index < -0.39 is 0 Å². The summed E-state index contributed by atoms with van der Waals surface area (Å²) in [4.78, 5) is 16.9. The van der Waals surface area contributed by atoms with E-state index in [0.29, 0.717) is 22.8 Å². The first-order chi connectivity index (χ1) is 11.0. The van der Waals surface area contributed by atoms with Crippen LogP contribution in [0.4, 0.5) is 5.69 Å². The highest BCUT2D eigenvalue weighted by Gasteiger charge is 2.23. The van der Waals surface area contributed by atoms with Gasteiger partial charge < -0.3 is 23.7 Å². The van der Waals surface area contributed by atoms with Crippen LogP contribution in [0.15, 0.2) is 21.3 Å². The first-order valence-corrected chi connectivity index (χ1v) is 7.68. The topological polar surface area (TPSA) is 55.2 Å². The molecule has 0 aliphatic carbocycles. The maximum absolute atomic E-state index is 12.5. The van der Waals surface area contributed by atoms with Crippen molar-refractivity contribution in [3.05, 3.63) is 28.1 Å². The summed E-state index contributed by atoms with van der Waals surface area (Å²) < 4.78 is 16.3. The van der Waals surface area contributed by atoms with Gasteiger partial charge in [-0.05, 0) is 19.5 Å². The van der Waals surface area contributed by atoms with Gasteiger partial charge in [0.2, 0.25) is 0 Å². The SMILES string of the molecule is COc1cc(OC)c2c(C)c(N3CCN(C)CC3)c(=O)oc2c1.Cl. The lowest BCUT2D eigenvalue weighted by Crippen LogP contribution is -2.46. The van der Waals surface area contributed by atoms with Crippen LogP contribution in [-0.4, -0.2) is 52.3 Å². The quantitative estimate of drug-likeness (QED) is 0.788. The minimum absolute atomic E-state index is 0. The van der Waals surface area contributed by atoms with Crippen molar-refractivity contribution in [2.45, 2.75) is 6.92 Å². The number of piperazine rings is 1. The summed E-state index contributed by atoms with van der Waals surface area (Å²) in [5.41, 5.74) is 1.70. The van der Waals surface area contributed by atoms with Gasteiger partial charge in [-0.15, -0.1) is 12.4 Å². The van der Waals surface area contributed by atoms with E-state index in [1.54, 1.807) is 20.3 Å². The van der Waals surface area contributed by atoms with E-state index in [1.165, 1.54) is 0 Å². The minimum Gasteiger partial charge on any atom is -0.496 e. The van der Waals surface area contributed by atoms with E-state index in [1.807, 2.05) is 13.0 Å². The van der Waals surface area contributed by atoms with Crippen molar-refractivity contribution in [2.24, 2.45) is 0 Å². The molecule has 2 heterocycles. The van der Waals surface area contributed by atoms with Crippen LogP contribution < -0.4 is 20.0 Å². The summed E-state index contributed by atoms with van der Waals surface area (Å²) in [6.45, 7) is 5.42. The Morgan fingerprint density at radius 2 is 1.75 bits per heavy atom. The molecule has 0 atom stereocenters. The molecule has 0 saturated carbocycles. The zero-order chi connectivity index (χ0) is 16.6. The predicted molar refractivity (Wildman–Crippen MR) is 97.3 cm³/mol. The third-order valence-electron chi connectivity index (χ3n) is 4.44. The molecule has 1 aromatic carbocycles. The molecule has 1 aliphatic heterocycles. The first kappa shape index (κ1) is 18.4. The van der Waals surface area contributed by atoms with Crippen molar-refractivity contribution in [3.8, 4) is 11.5 Å². The fraction of sp³-hybridized carbons (Fsp3) is 0.471. The first-order valence-electron chi connectivity index (χ1n) is 7.68. The monoisotopic (exact) mass is 354 g/mol. The molecule has 1 aliphatic rings. The summed E-state index contributed by atoms with van der Waals surface area (Å²) >= 11 is 0. The van der Waals surface area contributed by atoms with E-state index in [9.17, 15) is 4.79 Å². The molecule has 0 bridgehead atoms. The van der Waals surface area contributed by atoms with Gasteiger partial charge in [-0.1, -0.05) is 0 Å². The van der Waals surface area contributed by atoms with E-state index in [-0.39, 0.29) is 18.0 Å². The van der Waals surface area contributed by atoms with Crippen LogP contribution in [0.5, 0.6) is 11.5 Å². The van der Waals surface area contributed by atoms with E-state index in [4.69, 9.17) is 13.9 Å². The number of aryl methyl sites for hydroxylation is 1. The molecule has 6 nitrogen and oxygen atoms in total. The van der Waals surface area contributed by atoms with E-state index in [2.05, 4.69) is 16.8 Å². The van der Waals surface area contributed by atoms with Gasteiger partial charge in [0.1, 0.15) is 22.8 Å². The highest BCUT2D eigenvalue weighted by molar-refractivity contribution is 5.91. The molecule has 0 amide bonds. The van der Waals surface area contributed by atoms with E-state index >= 15 is 0 Å². The Morgan fingerprint density at radius 1 is 1.08 bits per heavy atom. The number of fused-ring (bicyclic) bond motifs is 1. The highest BCUT2D eigenvalue weighted by Crippen LogP contribution is 2.35. The van der Waals surface area contributed by atoms with Crippen molar-refractivity contribution in [2.75, 3.05) is 52.3 Å². The van der Waals surface area contributed by atoms with Crippen LogP contribution in [0.3, 0.4) is 0 Å².